The molecule has 0 amide bonds. The van der Waals surface area contributed by atoms with E-state index in [2.05, 4.69) is 24.3 Å². The molecule has 8 N–H and O–H groups in total. The molecule has 2 saturated heterocycles. The largest absolute Gasteiger partial charge is 0.394 e. The normalized spacial score (nSPS) is 31.6. The summed E-state index contributed by atoms with van der Waals surface area (Å²) in [6, 6.07) is 20.1. The molecule has 2 heterocycles. The van der Waals surface area contributed by atoms with Crippen molar-refractivity contribution in [1.82, 2.24) is 0 Å². The highest BCUT2D eigenvalue weighted by atomic mass is 32.2. The second-order valence-electron chi connectivity index (χ2n) is 12.1. The molecule has 0 spiro atoms. The van der Waals surface area contributed by atoms with Crippen molar-refractivity contribution < 1.29 is 59.8 Å². The van der Waals surface area contributed by atoms with Crippen molar-refractivity contribution in [2.75, 3.05) is 49.4 Å². The number of aryl methyl sites for hydroxylation is 2. The number of thioether (sulfide) groups is 2. The van der Waals surface area contributed by atoms with Crippen LogP contribution in [0.1, 0.15) is 11.1 Å². The highest BCUT2D eigenvalue weighted by molar-refractivity contribution is 8.00. The van der Waals surface area contributed by atoms with Gasteiger partial charge < -0.3 is 59.8 Å². The minimum absolute atomic E-state index is 0.0518. The Labute approximate surface area is 283 Å². The maximum Gasteiger partial charge on any atom is 0.186 e. The second-order valence-corrected chi connectivity index (χ2v) is 14.3. The molecule has 14 heteroatoms. The fourth-order valence-corrected chi connectivity index (χ4v) is 8.01. The summed E-state index contributed by atoms with van der Waals surface area (Å²) in [6.45, 7) is -1.30. The molecule has 2 aliphatic heterocycles. The lowest BCUT2D eigenvalue weighted by atomic mass is 9.94. The highest BCUT2D eigenvalue weighted by Gasteiger charge is 2.47. The van der Waals surface area contributed by atoms with Gasteiger partial charge in [-0.2, -0.15) is 23.5 Å². The van der Waals surface area contributed by atoms with Crippen molar-refractivity contribution in [3.8, 4) is 0 Å². The number of rotatable bonds is 18. The van der Waals surface area contributed by atoms with Crippen LogP contribution in [-0.2, 0) is 31.8 Å². The van der Waals surface area contributed by atoms with Crippen LogP contribution < -0.4 is 0 Å². The van der Waals surface area contributed by atoms with Gasteiger partial charge in [-0.05, 0) is 35.5 Å². The first-order valence-electron chi connectivity index (χ1n) is 15.8. The molecule has 0 aromatic heterocycles. The Morgan fingerprint density at radius 3 is 1.30 bits per heavy atom. The maximum absolute atomic E-state index is 10.7. The van der Waals surface area contributed by atoms with Gasteiger partial charge in [0.2, 0.25) is 0 Å². The topological polar surface area (TPSA) is 199 Å². The van der Waals surface area contributed by atoms with E-state index in [-0.39, 0.29) is 13.2 Å². The molecule has 2 aliphatic rings. The van der Waals surface area contributed by atoms with E-state index in [1.165, 1.54) is 11.1 Å². The number of ether oxygens (including phenoxy) is 4. The van der Waals surface area contributed by atoms with Crippen molar-refractivity contribution >= 4 is 23.5 Å². The predicted molar refractivity (Wildman–Crippen MR) is 177 cm³/mol. The lowest BCUT2D eigenvalue weighted by molar-refractivity contribution is -0.316. The molecule has 4 rings (SSSR count). The van der Waals surface area contributed by atoms with Gasteiger partial charge in [0, 0.05) is 16.9 Å². The average molecular weight is 701 g/mol. The van der Waals surface area contributed by atoms with Gasteiger partial charge in [-0.3, -0.25) is 0 Å². The van der Waals surface area contributed by atoms with E-state index in [1.54, 1.807) is 23.5 Å². The van der Waals surface area contributed by atoms with Crippen molar-refractivity contribution in [3.05, 3.63) is 71.8 Å². The highest BCUT2D eigenvalue weighted by Crippen LogP contribution is 2.34. The average Bonchev–Trinajstić information content (AvgIpc) is 3.10. The van der Waals surface area contributed by atoms with Crippen LogP contribution in [0.25, 0.3) is 0 Å². The van der Waals surface area contributed by atoms with Gasteiger partial charge in [-0.15, -0.1) is 0 Å². The predicted octanol–water partition coefficient (Wildman–Crippen LogP) is -0.442. The number of benzene rings is 2. The zero-order chi connectivity index (χ0) is 33.8. The monoisotopic (exact) mass is 700 g/mol. The quantitative estimate of drug-likeness (QED) is 0.0932. The molecule has 2 aromatic rings. The number of hydrogen-bond acceptors (Lipinski definition) is 14. The third-order valence-electron chi connectivity index (χ3n) is 8.38. The number of hydrogen-bond donors (Lipinski definition) is 8. The number of aliphatic hydroxyl groups is 8. The Balaban J connectivity index is 1.52. The molecule has 0 saturated carbocycles. The van der Waals surface area contributed by atoms with Crippen molar-refractivity contribution in [3.63, 3.8) is 0 Å². The summed E-state index contributed by atoms with van der Waals surface area (Å²) in [5.41, 5.74) is 1.55. The van der Waals surface area contributed by atoms with E-state index in [1.807, 2.05) is 36.4 Å². The molecule has 10 unspecified atom stereocenters. The molecular formula is C33H48O12S2. The summed E-state index contributed by atoms with van der Waals surface area (Å²) in [6.07, 6.45) is -12.8. The summed E-state index contributed by atoms with van der Waals surface area (Å²) in [7, 11) is 0. The van der Waals surface area contributed by atoms with Gasteiger partial charge >= 0.3 is 0 Å². The van der Waals surface area contributed by atoms with E-state index >= 15 is 0 Å². The summed E-state index contributed by atoms with van der Waals surface area (Å²) in [5, 5.41) is 81.8. The van der Waals surface area contributed by atoms with E-state index in [0.717, 1.165) is 24.3 Å². The van der Waals surface area contributed by atoms with E-state index in [0.29, 0.717) is 11.5 Å². The molecule has 2 aromatic carbocycles. The van der Waals surface area contributed by atoms with E-state index in [9.17, 15) is 40.9 Å². The zero-order valence-corrected chi connectivity index (χ0v) is 27.8. The third kappa shape index (κ3) is 10.8. The van der Waals surface area contributed by atoms with Crippen molar-refractivity contribution in [2.45, 2.75) is 74.3 Å². The zero-order valence-electron chi connectivity index (χ0n) is 26.1. The lowest BCUT2D eigenvalue weighted by Crippen LogP contribution is -2.60. The van der Waals surface area contributed by atoms with Gasteiger partial charge in [0.25, 0.3) is 0 Å². The molecule has 10 atom stereocenters. The summed E-state index contributed by atoms with van der Waals surface area (Å²) >= 11 is 3.32. The Bertz CT molecular complexity index is 1060. The minimum atomic E-state index is -1.61. The summed E-state index contributed by atoms with van der Waals surface area (Å²) in [5.74, 6) is 2.51. The van der Waals surface area contributed by atoms with Crippen LogP contribution in [-0.4, -0.2) is 152 Å². The van der Waals surface area contributed by atoms with Crippen molar-refractivity contribution in [1.29, 1.82) is 0 Å². The standard InChI is InChI=1S/C33H48O12S2/c34-15-23-25(36)27(38)29(40)31(44-23)42-17-33(19-46-13-11-21-7-3-1-4-8-21,20-47-14-12-22-9-5-2-6-10-22)18-43-32-30(41)28(39)26(37)24(16-35)45-32/h1-10,23-32,34-41H,11-20H2. The maximum atomic E-state index is 10.7. The van der Waals surface area contributed by atoms with Crippen LogP contribution in [0.2, 0.25) is 0 Å². The third-order valence-corrected chi connectivity index (χ3v) is 11.0. The van der Waals surface area contributed by atoms with Crippen LogP contribution in [0.3, 0.4) is 0 Å². The Morgan fingerprint density at radius 2 is 0.936 bits per heavy atom. The molecule has 264 valence electrons. The summed E-state index contributed by atoms with van der Waals surface area (Å²) in [4.78, 5) is 0. The number of aliphatic hydroxyl groups excluding tert-OH is 8. The Hall–Kier alpha value is -1.34. The first-order chi connectivity index (χ1) is 22.7. The van der Waals surface area contributed by atoms with Gasteiger partial charge in [-0.1, -0.05) is 60.7 Å². The molecule has 0 aliphatic carbocycles. The molecule has 47 heavy (non-hydrogen) atoms. The van der Waals surface area contributed by atoms with Crippen LogP contribution in [0.4, 0.5) is 0 Å². The Kier molecular flexibility index (Phi) is 15.7. The van der Waals surface area contributed by atoms with Gasteiger partial charge in [0.1, 0.15) is 48.8 Å². The van der Waals surface area contributed by atoms with E-state index in [4.69, 9.17) is 18.9 Å². The first-order valence-corrected chi connectivity index (χ1v) is 18.1. The van der Waals surface area contributed by atoms with Gasteiger partial charge in [0.15, 0.2) is 12.6 Å². The van der Waals surface area contributed by atoms with Gasteiger partial charge in [0.05, 0.1) is 26.4 Å². The molecular weight excluding hydrogens is 652 g/mol. The molecule has 2 fully saturated rings. The van der Waals surface area contributed by atoms with Gasteiger partial charge in [-0.25, -0.2) is 0 Å². The molecule has 12 nitrogen and oxygen atoms in total. The van der Waals surface area contributed by atoms with Crippen LogP contribution in [0.5, 0.6) is 0 Å². The molecule has 0 radical (unpaired) electrons. The smallest absolute Gasteiger partial charge is 0.186 e. The minimum Gasteiger partial charge on any atom is -0.394 e. The lowest BCUT2D eigenvalue weighted by Gasteiger charge is -2.43. The van der Waals surface area contributed by atoms with E-state index < -0.39 is 80.0 Å². The fraction of sp³-hybridized carbons (Fsp3) is 0.636. The second kappa shape index (κ2) is 19.2. The van der Waals surface area contributed by atoms with Crippen LogP contribution in [0.15, 0.2) is 60.7 Å². The van der Waals surface area contributed by atoms with Crippen LogP contribution in [0, 0.1) is 5.41 Å². The summed E-state index contributed by atoms with van der Waals surface area (Å²) < 4.78 is 23.4. The SMILES string of the molecule is OCC1OC(OCC(COC2OC(CO)C(O)C(O)C2O)(CSCCc2ccccc2)CSCCc2ccccc2)C(O)C(O)C1O. The Morgan fingerprint density at radius 1 is 0.553 bits per heavy atom. The molecule has 0 bridgehead atoms. The first kappa shape index (κ1) is 38.5. The fourth-order valence-electron chi connectivity index (χ4n) is 5.42. The van der Waals surface area contributed by atoms with Crippen molar-refractivity contribution in [2.24, 2.45) is 5.41 Å². The van der Waals surface area contributed by atoms with Crippen LogP contribution >= 0.6 is 23.5 Å².